The Bertz CT molecular complexity index is 1040. The molecule has 1 saturated heterocycles. The van der Waals surface area contributed by atoms with Gasteiger partial charge in [0.05, 0.1) is 18.7 Å². The van der Waals surface area contributed by atoms with Crippen LogP contribution in [0.3, 0.4) is 0 Å². The number of aliphatic hydroxyl groups excluding tert-OH is 1. The van der Waals surface area contributed by atoms with Gasteiger partial charge < -0.3 is 36.5 Å². The normalized spacial score (nSPS) is 18.5. The van der Waals surface area contributed by atoms with E-state index in [0.717, 1.165) is 16.5 Å². The Morgan fingerprint density at radius 2 is 1.97 bits per heavy atom. The molecule has 0 spiro atoms. The molecular weight excluding hydrogens is 430 g/mol. The molecule has 0 bridgehead atoms. The maximum Gasteiger partial charge on any atom is 0.326 e. The van der Waals surface area contributed by atoms with Crippen molar-refractivity contribution in [3.05, 3.63) is 36.0 Å². The minimum Gasteiger partial charge on any atom is -0.480 e. The number of nitrogens with zero attached hydrogens (tertiary/aromatic N) is 1. The van der Waals surface area contributed by atoms with Crippen LogP contribution in [0.5, 0.6) is 0 Å². The van der Waals surface area contributed by atoms with Crippen LogP contribution >= 0.6 is 0 Å². The summed E-state index contributed by atoms with van der Waals surface area (Å²) in [6.07, 6.45) is 1.66. The van der Waals surface area contributed by atoms with Gasteiger partial charge in [-0.1, -0.05) is 18.2 Å². The lowest BCUT2D eigenvalue weighted by atomic mass is 10.0. The van der Waals surface area contributed by atoms with Crippen molar-refractivity contribution in [3.8, 4) is 0 Å². The number of nitrogens with one attached hydrogen (secondary N) is 3. The Morgan fingerprint density at radius 3 is 2.67 bits per heavy atom. The van der Waals surface area contributed by atoms with Crippen molar-refractivity contribution in [1.29, 1.82) is 0 Å². The van der Waals surface area contributed by atoms with Crippen LogP contribution in [0.2, 0.25) is 0 Å². The van der Waals surface area contributed by atoms with Gasteiger partial charge in [0.1, 0.15) is 12.1 Å². The average Bonchev–Trinajstić information content (AvgIpc) is 3.43. The number of para-hydroxylation sites is 1. The molecule has 0 saturated carbocycles. The number of aliphatic hydroxyl groups is 1. The predicted molar refractivity (Wildman–Crippen MR) is 119 cm³/mol. The lowest BCUT2D eigenvalue weighted by Crippen LogP contribution is -2.57. The Labute approximate surface area is 190 Å². The fourth-order valence-corrected chi connectivity index (χ4v) is 3.99. The number of carbonyl (C=O) groups excluding carboxylic acids is 3. The van der Waals surface area contributed by atoms with E-state index in [0.29, 0.717) is 19.4 Å². The molecule has 1 fully saturated rings. The van der Waals surface area contributed by atoms with E-state index in [1.807, 2.05) is 24.3 Å². The highest BCUT2D eigenvalue weighted by Crippen LogP contribution is 2.19. The first kappa shape index (κ1) is 24.2. The summed E-state index contributed by atoms with van der Waals surface area (Å²) in [5.74, 6) is -3.03. The topological polar surface area (TPSA) is 178 Å². The first-order valence-electron chi connectivity index (χ1n) is 10.8. The molecule has 1 aromatic carbocycles. The zero-order valence-corrected chi connectivity index (χ0v) is 18.3. The number of carboxylic acid groups (broad SMARTS) is 1. The Hall–Kier alpha value is -3.44. The lowest BCUT2D eigenvalue weighted by molar-refractivity contribution is -0.148. The van der Waals surface area contributed by atoms with Crippen LogP contribution in [-0.2, 0) is 25.6 Å². The number of nitrogens with two attached hydrogens (primary N) is 1. The summed E-state index contributed by atoms with van der Waals surface area (Å²) in [7, 11) is 0. The molecular formula is C22H29N5O6. The van der Waals surface area contributed by atoms with Gasteiger partial charge in [-0.25, -0.2) is 4.79 Å². The quantitative estimate of drug-likeness (QED) is 0.281. The Morgan fingerprint density at radius 1 is 1.24 bits per heavy atom. The van der Waals surface area contributed by atoms with Crippen molar-refractivity contribution in [3.63, 3.8) is 0 Å². The number of aliphatic carboxylic acids is 1. The van der Waals surface area contributed by atoms with Crippen molar-refractivity contribution in [2.75, 3.05) is 13.1 Å². The van der Waals surface area contributed by atoms with Gasteiger partial charge in [-0.3, -0.25) is 14.4 Å². The highest BCUT2D eigenvalue weighted by molar-refractivity contribution is 5.93. The number of hydrogen-bond acceptors (Lipinski definition) is 6. The van der Waals surface area contributed by atoms with Gasteiger partial charge in [-0.05, 0) is 37.8 Å². The Kier molecular flexibility index (Phi) is 7.67. The number of fused-ring (bicyclic) bond motifs is 1. The molecule has 1 aliphatic rings. The lowest BCUT2D eigenvalue weighted by Gasteiger charge is -2.24. The van der Waals surface area contributed by atoms with Crippen molar-refractivity contribution < 1.29 is 29.4 Å². The van der Waals surface area contributed by atoms with Crippen LogP contribution in [0.15, 0.2) is 30.5 Å². The van der Waals surface area contributed by atoms with Gasteiger partial charge in [-0.2, -0.15) is 0 Å². The zero-order valence-electron chi connectivity index (χ0n) is 18.3. The molecule has 11 nitrogen and oxygen atoms in total. The fraction of sp³-hybridized carbons (Fsp3) is 0.455. The van der Waals surface area contributed by atoms with Crippen LogP contribution in [0.4, 0.5) is 0 Å². The van der Waals surface area contributed by atoms with Crippen molar-refractivity contribution in [2.45, 2.75) is 50.4 Å². The number of likely N-dealkylation sites (tertiary alicyclic amines) is 1. The monoisotopic (exact) mass is 459 g/mol. The van der Waals surface area contributed by atoms with Crippen LogP contribution in [-0.4, -0.2) is 81.1 Å². The second kappa shape index (κ2) is 10.5. The molecule has 2 aromatic rings. The molecule has 7 N–H and O–H groups in total. The summed E-state index contributed by atoms with van der Waals surface area (Å²) in [5, 5.41) is 25.0. The number of amides is 3. The molecule has 4 atom stereocenters. The van der Waals surface area contributed by atoms with E-state index < -0.39 is 54.5 Å². The summed E-state index contributed by atoms with van der Waals surface area (Å²) in [5.41, 5.74) is 7.80. The largest absolute Gasteiger partial charge is 0.480 e. The molecule has 33 heavy (non-hydrogen) atoms. The van der Waals surface area contributed by atoms with Crippen LogP contribution < -0.4 is 16.4 Å². The number of aromatic amines is 1. The average molecular weight is 460 g/mol. The molecule has 1 aliphatic heterocycles. The smallest absolute Gasteiger partial charge is 0.326 e. The standard InChI is InChI=1S/C22H29N5O6/c1-12(28)19(21(31)25-11-18(29)27-8-4-7-17(27)22(32)33)26-20(30)15(23)9-13-10-24-16-6-3-2-5-14(13)16/h2-3,5-6,10,12,15,17,19,24,28H,4,7-9,11,23H2,1H3,(H,25,31)(H,26,30)(H,32,33). The third-order valence-corrected chi connectivity index (χ3v) is 5.79. The van der Waals surface area contributed by atoms with Gasteiger partial charge in [0.15, 0.2) is 0 Å². The highest BCUT2D eigenvalue weighted by atomic mass is 16.4. The molecule has 1 aromatic heterocycles. The predicted octanol–water partition coefficient (Wildman–Crippen LogP) is -0.905. The third kappa shape index (κ3) is 5.68. The van der Waals surface area contributed by atoms with E-state index in [4.69, 9.17) is 5.73 Å². The molecule has 0 aliphatic carbocycles. The van der Waals surface area contributed by atoms with E-state index in [-0.39, 0.29) is 6.42 Å². The van der Waals surface area contributed by atoms with E-state index in [1.165, 1.54) is 11.8 Å². The second-order valence-corrected chi connectivity index (χ2v) is 8.20. The van der Waals surface area contributed by atoms with E-state index in [1.54, 1.807) is 6.20 Å². The van der Waals surface area contributed by atoms with E-state index >= 15 is 0 Å². The SMILES string of the molecule is CC(O)C(NC(=O)C(N)Cc1c[nH]c2ccccc12)C(=O)NCC(=O)N1CCCC1C(=O)O. The molecule has 11 heteroatoms. The zero-order chi connectivity index (χ0) is 24.1. The first-order valence-corrected chi connectivity index (χ1v) is 10.8. The van der Waals surface area contributed by atoms with E-state index in [2.05, 4.69) is 15.6 Å². The van der Waals surface area contributed by atoms with Crippen molar-refractivity contribution >= 4 is 34.6 Å². The van der Waals surface area contributed by atoms with Gasteiger partial charge >= 0.3 is 5.97 Å². The number of hydrogen-bond donors (Lipinski definition) is 6. The van der Waals surface area contributed by atoms with Crippen LogP contribution in [0.1, 0.15) is 25.3 Å². The number of carboxylic acids is 1. The highest BCUT2D eigenvalue weighted by Gasteiger charge is 2.34. The van der Waals surface area contributed by atoms with Gasteiger partial charge in [0, 0.05) is 23.6 Å². The molecule has 3 rings (SSSR count). The molecule has 3 amide bonds. The van der Waals surface area contributed by atoms with Crippen LogP contribution in [0, 0.1) is 0 Å². The van der Waals surface area contributed by atoms with Gasteiger partial charge in [0.2, 0.25) is 17.7 Å². The fourth-order valence-electron chi connectivity index (χ4n) is 3.99. The molecule has 178 valence electrons. The summed E-state index contributed by atoms with van der Waals surface area (Å²) >= 11 is 0. The maximum atomic E-state index is 12.6. The minimum atomic E-state index is -1.33. The summed E-state index contributed by atoms with van der Waals surface area (Å²) in [4.78, 5) is 53.1. The number of H-pyrrole nitrogens is 1. The Balaban J connectivity index is 1.56. The minimum absolute atomic E-state index is 0.216. The summed E-state index contributed by atoms with van der Waals surface area (Å²) < 4.78 is 0. The van der Waals surface area contributed by atoms with Gasteiger partial charge in [-0.15, -0.1) is 0 Å². The number of carbonyl (C=O) groups is 4. The maximum absolute atomic E-state index is 12.6. The molecule has 4 unspecified atom stereocenters. The number of aromatic nitrogens is 1. The van der Waals surface area contributed by atoms with Crippen molar-refractivity contribution in [2.24, 2.45) is 5.73 Å². The van der Waals surface area contributed by atoms with Crippen LogP contribution in [0.25, 0.3) is 10.9 Å². The molecule has 2 heterocycles. The number of rotatable bonds is 9. The molecule has 0 radical (unpaired) electrons. The van der Waals surface area contributed by atoms with Gasteiger partial charge in [0.25, 0.3) is 0 Å². The summed E-state index contributed by atoms with van der Waals surface area (Å²) in [6.45, 7) is 1.19. The number of benzene rings is 1. The summed E-state index contributed by atoms with van der Waals surface area (Å²) in [6, 6.07) is 4.36. The van der Waals surface area contributed by atoms with E-state index in [9.17, 15) is 29.4 Å². The first-order chi connectivity index (χ1) is 15.7. The second-order valence-electron chi connectivity index (χ2n) is 8.20. The van der Waals surface area contributed by atoms with Crippen molar-refractivity contribution in [1.82, 2.24) is 20.5 Å². The third-order valence-electron chi connectivity index (χ3n) is 5.79.